The predicted molar refractivity (Wildman–Crippen MR) is 200 cm³/mol. The third-order valence-corrected chi connectivity index (χ3v) is 9.65. The fourth-order valence-corrected chi connectivity index (χ4v) is 7.53. The molecule has 0 unspecified atom stereocenters. The molecule has 48 heavy (non-hydrogen) atoms. The first-order valence-corrected chi connectivity index (χ1v) is 16.3. The van der Waals surface area contributed by atoms with Gasteiger partial charge in [-0.15, -0.1) is 0 Å². The van der Waals surface area contributed by atoms with Crippen molar-refractivity contribution in [2.75, 3.05) is 0 Å². The number of fused-ring (bicyclic) bond motifs is 6. The van der Waals surface area contributed by atoms with Gasteiger partial charge in [0.2, 0.25) is 0 Å². The molecular weight excluding hydrogens is 585 g/mol. The maximum Gasteiger partial charge on any atom is 0.139 e. The molecule has 10 aromatic rings. The van der Waals surface area contributed by atoms with E-state index in [0.717, 1.165) is 49.8 Å². The Morgan fingerprint density at radius 1 is 0.312 bits per heavy atom. The lowest BCUT2D eigenvalue weighted by Crippen LogP contribution is -1.91. The summed E-state index contributed by atoms with van der Waals surface area (Å²) in [6.07, 6.45) is 0. The number of hydrogen-bond donors (Lipinski definition) is 0. The lowest BCUT2D eigenvalue weighted by molar-refractivity contribution is 0.628. The molecule has 0 fully saturated rings. The van der Waals surface area contributed by atoms with Crippen molar-refractivity contribution in [3.05, 3.63) is 170 Å². The van der Waals surface area contributed by atoms with Crippen molar-refractivity contribution in [2.45, 2.75) is 0 Å². The van der Waals surface area contributed by atoms with Crippen LogP contribution in [0.2, 0.25) is 0 Å². The molecule has 0 N–H and O–H groups in total. The van der Waals surface area contributed by atoms with Gasteiger partial charge in [-0.1, -0.05) is 140 Å². The number of furan rings is 2. The standard InChI is InChI=1S/C46H28O2/c1-3-13-29(14-4-1)31-17-11-18-32(25-31)44-34-19-7-9-21-36(34)45(37-22-10-8-20-35(37)44)38-23-12-24-40-46(38)39-26-33-27-41(30-15-5-2-6-16-30)48-42(33)28-43(39)47-40/h1-28H. The second kappa shape index (κ2) is 10.6. The van der Waals surface area contributed by atoms with Gasteiger partial charge >= 0.3 is 0 Å². The van der Waals surface area contributed by atoms with Crippen LogP contribution in [0, 0.1) is 0 Å². The normalized spacial score (nSPS) is 11.8. The summed E-state index contributed by atoms with van der Waals surface area (Å²) in [5.74, 6) is 0.853. The number of benzene rings is 8. The maximum absolute atomic E-state index is 6.55. The van der Waals surface area contributed by atoms with E-state index in [1.54, 1.807) is 0 Å². The average molecular weight is 613 g/mol. The van der Waals surface area contributed by atoms with Crippen molar-refractivity contribution in [3.63, 3.8) is 0 Å². The molecule has 0 saturated heterocycles. The maximum atomic E-state index is 6.55. The van der Waals surface area contributed by atoms with Crippen LogP contribution in [0.3, 0.4) is 0 Å². The summed E-state index contributed by atoms with van der Waals surface area (Å²) in [5, 5.41) is 8.15. The fourth-order valence-electron chi connectivity index (χ4n) is 7.53. The van der Waals surface area contributed by atoms with Gasteiger partial charge in [0.25, 0.3) is 0 Å². The van der Waals surface area contributed by atoms with Crippen LogP contribution in [0.15, 0.2) is 179 Å². The van der Waals surface area contributed by atoms with Gasteiger partial charge in [0, 0.05) is 27.8 Å². The molecule has 2 nitrogen and oxygen atoms in total. The Hall–Kier alpha value is -6.38. The third kappa shape index (κ3) is 4.13. The van der Waals surface area contributed by atoms with Gasteiger partial charge < -0.3 is 8.83 Å². The Bertz CT molecular complexity index is 2760. The topological polar surface area (TPSA) is 26.3 Å². The molecule has 0 aliphatic carbocycles. The summed E-state index contributed by atoms with van der Waals surface area (Å²) >= 11 is 0. The van der Waals surface area contributed by atoms with Gasteiger partial charge in [0.15, 0.2) is 0 Å². The summed E-state index contributed by atoms with van der Waals surface area (Å²) in [7, 11) is 0. The van der Waals surface area contributed by atoms with Crippen LogP contribution in [0.25, 0.3) is 99.2 Å². The van der Waals surface area contributed by atoms with E-state index >= 15 is 0 Å². The summed E-state index contributed by atoms with van der Waals surface area (Å²) in [6, 6.07) is 60.3. The highest BCUT2D eigenvalue weighted by Crippen LogP contribution is 2.47. The Morgan fingerprint density at radius 3 is 1.60 bits per heavy atom. The van der Waals surface area contributed by atoms with Crippen molar-refractivity contribution in [2.24, 2.45) is 0 Å². The number of rotatable bonds is 4. The lowest BCUT2D eigenvalue weighted by Gasteiger charge is -2.18. The van der Waals surface area contributed by atoms with Crippen molar-refractivity contribution in [3.8, 4) is 44.7 Å². The van der Waals surface area contributed by atoms with Crippen LogP contribution in [0.4, 0.5) is 0 Å². The van der Waals surface area contributed by atoms with Gasteiger partial charge in [-0.25, -0.2) is 0 Å². The molecule has 2 heteroatoms. The molecule has 2 heterocycles. The van der Waals surface area contributed by atoms with Gasteiger partial charge in [0.1, 0.15) is 22.5 Å². The molecule has 0 amide bonds. The zero-order valence-electron chi connectivity index (χ0n) is 26.0. The molecule has 0 spiro atoms. The van der Waals surface area contributed by atoms with Gasteiger partial charge in [-0.05, 0) is 79.2 Å². The monoisotopic (exact) mass is 612 g/mol. The second-order valence-corrected chi connectivity index (χ2v) is 12.4. The van der Waals surface area contributed by atoms with Crippen molar-refractivity contribution < 1.29 is 8.83 Å². The predicted octanol–water partition coefficient (Wildman–Crippen LogP) is 13.3. The number of hydrogen-bond acceptors (Lipinski definition) is 2. The van der Waals surface area contributed by atoms with Gasteiger partial charge in [-0.2, -0.15) is 0 Å². The molecule has 8 aromatic carbocycles. The molecule has 0 radical (unpaired) electrons. The molecule has 2 aromatic heterocycles. The molecule has 0 aliphatic heterocycles. The SMILES string of the molecule is c1ccc(-c2cccc(-c3c4ccccc4c(-c4cccc5oc6cc7oc(-c8ccccc8)cc7cc6c45)c4ccccc34)c2)cc1. The smallest absolute Gasteiger partial charge is 0.139 e. The largest absolute Gasteiger partial charge is 0.456 e. The Labute approximate surface area is 277 Å². The minimum atomic E-state index is 0.819. The molecule has 10 rings (SSSR count). The van der Waals surface area contributed by atoms with E-state index in [4.69, 9.17) is 8.83 Å². The Kier molecular flexibility index (Phi) is 5.91. The van der Waals surface area contributed by atoms with E-state index in [1.165, 1.54) is 49.4 Å². The van der Waals surface area contributed by atoms with E-state index in [0.29, 0.717) is 0 Å². The molecule has 0 bridgehead atoms. The van der Waals surface area contributed by atoms with E-state index in [2.05, 4.69) is 146 Å². The Balaban J connectivity index is 1.25. The summed E-state index contributed by atoms with van der Waals surface area (Å²) in [4.78, 5) is 0. The van der Waals surface area contributed by atoms with E-state index in [1.807, 2.05) is 24.3 Å². The fraction of sp³-hybridized carbons (Fsp3) is 0. The van der Waals surface area contributed by atoms with Crippen LogP contribution >= 0.6 is 0 Å². The van der Waals surface area contributed by atoms with Gasteiger partial charge in [0.05, 0.1) is 0 Å². The van der Waals surface area contributed by atoms with Crippen molar-refractivity contribution in [1.82, 2.24) is 0 Å². The zero-order valence-corrected chi connectivity index (χ0v) is 26.0. The van der Waals surface area contributed by atoms with E-state index < -0.39 is 0 Å². The van der Waals surface area contributed by atoms with Gasteiger partial charge in [-0.3, -0.25) is 0 Å². The van der Waals surface area contributed by atoms with Crippen LogP contribution in [0.5, 0.6) is 0 Å². The molecular formula is C46H28O2. The molecule has 0 aliphatic rings. The van der Waals surface area contributed by atoms with E-state index in [-0.39, 0.29) is 0 Å². The molecule has 0 atom stereocenters. The lowest BCUT2D eigenvalue weighted by atomic mass is 9.84. The van der Waals surface area contributed by atoms with Crippen LogP contribution in [-0.2, 0) is 0 Å². The van der Waals surface area contributed by atoms with E-state index in [9.17, 15) is 0 Å². The first-order valence-electron chi connectivity index (χ1n) is 16.3. The third-order valence-electron chi connectivity index (χ3n) is 9.65. The van der Waals surface area contributed by atoms with Crippen LogP contribution in [-0.4, -0.2) is 0 Å². The first-order chi connectivity index (χ1) is 23.8. The summed E-state index contributed by atoms with van der Waals surface area (Å²) in [5.41, 5.74) is 10.8. The highest BCUT2D eigenvalue weighted by Gasteiger charge is 2.21. The summed E-state index contributed by atoms with van der Waals surface area (Å²) in [6.45, 7) is 0. The molecule has 0 saturated carbocycles. The summed E-state index contributed by atoms with van der Waals surface area (Å²) < 4.78 is 12.9. The van der Waals surface area contributed by atoms with Crippen LogP contribution < -0.4 is 0 Å². The molecule has 224 valence electrons. The highest BCUT2D eigenvalue weighted by molar-refractivity contribution is 6.26. The zero-order chi connectivity index (χ0) is 31.6. The highest BCUT2D eigenvalue weighted by atomic mass is 16.3. The van der Waals surface area contributed by atoms with Crippen LogP contribution in [0.1, 0.15) is 0 Å². The minimum Gasteiger partial charge on any atom is -0.456 e. The van der Waals surface area contributed by atoms with Crippen molar-refractivity contribution >= 4 is 54.5 Å². The average Bonchev–Trinajstić information content (AvgIpc) is 3.74. The quantitative estimate of drug-likeness (QED) is 0.185. The first kappa shape index (κ1) is 26.8. The minimum absolute atomic E-state index is 0.819. The second-order valence-electron chi connectivity index (χ2n) is 12.4. The Morgan fingerprint density at radius 2 is 0.896 bits per heavy atom. The van der Waals surface area contributed by atoms with Crippen molar-refractivity contribution in [1.29, 1.82) is 0 Å².